The summed E-state index contributed by atoms with van der Waals surface area (Å²) in [4.78, 5) is 0. The van der Waals surface area contributed by atoms with Crippen LogP contribution >= 0.6 is 0 Å². The van der Waals surface area contributed by atoms with Gasteiger partial charge >= 0.3 is 0 Å². The minimum absolute atomic E-state index is 0.683. The number of rotatable bonds is 4. The number of hydrogen-bond donors (Lipinski definition) is 1. The van der Waals surface area contributed by atoms with Crippen LogP contribution in [0, 0.1) is 0 Å². The van der Waals surface area contributed by atoms with Gasteiger partial charge in [0.15, 0.2) is 0 Å². The Bertz CT molecular complexity index is 289. The van der Waals surface area contributed by atoms with Crippen LogP contribution in [0.15, 0.2) is 25.0 Å². The first-order valence-electron chi connectivity index (χ1n) is 4.38. The molecule has 0 saturated heterocycles. The van der Waals surface area contributed by atoms with Crippen molar-refractivity contribution in [3.63, 3.8) is 0 Å². The molecule has 13 heavy (non-hydrogen) atoms. The molecular formula is C10H16N2O. The fourth-order valence-electron chi connectivity index (χ4n) is 1.23. The van der Waals surface area contributed by atoms with Crippen molar-refractivity contribution in [2.24, 2.45) is 7.05 Å². The molecule has 0 fully saturated rings. The second-order valence-electron chi connectivity index (χ2n) is 3.50. The first kappa shape index (κ1) is 9.99. The third-order valence-corrected chi connectivity index (χ3v) is 2.16. The number of nitrogens with zero attached hydrogens (tertiary/aromatic N) is 2. The Kier molecular flexibility index (Phi) is 2.88. The van der Waals surface area contributed by atoms with E-state index < -0.39 is 5.60 Å². The van der Waals surface area contributed by atoms with Gasteiger partial charge in [0.05, 0.1) is 11.8 Å². The standard InChI is InChI=1S/C10H16N2O/c1-4-5-6-10(2,13)9-7-11-12(3)8-9/h4,7-8,13H,1,5-6H2,2-3H3. The summed E-state index contributed by atoms with van der Waals surface area (Å²) < 4.78 is 1.69. The van der Waals surface area contributed by atoms with Gasteiger partial charge in [-0.3, -0.25) is 4.68 Å². The summed E-state index contributed by atoms with van der Waals surface area (Å²) in [6, 6.07) is 0. The molecule has 0 bridgehead atoms. The topological polar surface area (TPSA) is 38.1 Å². The van der Waals surface area contributed by atoms with Crippen molar-refractivity contribution in [2.45, 2.75) is 25.4 Å². The van der Waals surface area contributed by atoms with Crippen LogP contribution in [0.4, 0.5) is 0 Å². The quantitative estimate of drug-likeness (QED) is 0.714. The predicted octanol–water partition coefficient (Wildman–Crippen LogP) is 1.59. The smallest absolute Gasteiger partial charge is 0.0901 e. The van der Waals surface area contributed by atoms with E-state index in [0.29, 0.717) is 6.42 Å². The fraction of sp³-hybridized carbons (Fsp3) is 0.500. The second kappa shape index (κ2) is 3.75. The van der Waals surface area contributed by atoms with Crippen LogP contribution in [0.1, 0.15) is 25.3 Å². The lowest BCUT2D eigenvalue weighted by Crippen LogP contribution is -2.19. The minimum atomic E-state index is -0.789. The van der Waals surface area contributed by atoms with Crippen LogP contribution in [0.25, 0.3) is 0 Å². The zero-order valence-corrected chi connectivity index (χ0v) is 8.20. The molecule has 1 unspecified atom stereocenters. The van der Waals surface area contributed by atoms with E-state index in [0.717, 1.165) is 12.0 Å². The summed E-state index contributed by atoms with van der Waals surface area (Å²) >= 11 is 0. The van der Waals surface area contributed by atoms with Crippen molar-refractivity contribution in [3.05, 3.63) is 30.6 Å². The largest absolute Gasteiger partial charge is 0.385 e. The molecule has 0 aliphatic carbocycles. The van der Waals surface area contributed by atoms with Gasteiger partial charge in [-0.2, -0.15) is 5.10 Å². The summed E-state index contributed by atoms with van der Waals surface area (Å²) in [5.74, 6) is 0. The van der Waals surface area contributed by atoms with Crippen molar-refractivity contribution in [1.29, 1.82) is 0 Å². The van der Waals surface area contributed by atoms with E-state index in [9.17, 15) is 5.11 Å². The fourth-order valence-corrected chi connectivity index (χ4v) is 1.23. The molecule has 0 saturated carbocycles. The van der Waals surface area contributed by atoms with E-state index in [1.807, 2.05) is 19.3 Å². The van der Waals surface area contributed by atoms with Crippen LogP contribution in [-0.2, 0) is 12.6 Å². The third-order valence-electron chi connectivity index (χ3n) is 2.16. The van der Waals surface area contributed by atoms with Gasteiger partial charge in [-0.05, 0) is 19.8 Å². The summed E-state index contributed by atoms with van der Waals surface area (Å²) in [6.45, 7) is 5.43. The van der Waals surface area contributed by atoms with Gasteiger partial charge in [-0.1, -0.05) is 6.08 Å². The summed E-state index contributed by atoms with van der Waals surface area (Å²) in [7, 11) is 1.84. The van der Waals surface area contributed by atoms with Gasteiger partial charge in [-0.25, -0.2) is 0 Å². The van der Waals surface area contributed by atoms with Crippen molar-refractivity contribution < 1.29 is 5.11 Å². The molecule has 1 atom stereocenters. The Balaban J connectivity index is 2.74. The second-order valence-corrected chi connectivity index (χ2v) is 3.50. The number of aromatic nitrogens is 2. The van der Waals surface area contributed by atoms with Gasteiger partial charge in [0, 0.05) is 18.8 Å². The highest BCUT2D eigenvalue weighted by molar-refractivity contribution is 5.13. The lowest BCUT2D eigenvalue weighted by Gasteiger charge is -2.20. The van der Waals surface area contributed by atoms with Crippen LogP contribution < -0.4 is 0 Å². The number of hydrogen-bond acceptors (Lipinski definition) is 2. The zero-order valence-electron chi connectivity index (χ0n) is 8.20. The minimum Gasteiger partial charge on any atom is -0.385 e. The molecule has 1 rings (SSSR count). The number of aryl methyl sites for hydroxylation is 1. The van der Waals surface area contributed by atoms with E-state index in [2.05, 4.69) is 11.7 Å². The van der Waals surface area contributed by atoms with Gasteiger partial charge < -0.3 is 5.11 Å². The molecule has 72 valence electrons. The van der Waals surface area contributed by atoms with Gasteiger partial charge in [-0.15, -0.1) is 6.58 Å². The summed E-state index contributed by atoms with van der Waals surface area (Å²) in [5, 5.41) is 14.1. The Morgan fingerprint density at radius 2 is 2.46 bits per heavy atom. The first-order chi connectivity index (χ1) is 6.06. The SMILES string of the molecule is C=CCCC(C)(O)c1cnn(C)c1. The van der Waals surface area contributed by atoms with Crippen LogP contribution in [0.5, 0.6) is 0 Å². The molecule has 3 heteroatoms. The molecule has 0 radical (unpaired) electrons. The van der Waals surface area contributed by atoms with Gasteiger partial charge in [0.1, 0.15) is 0 Å². The normalized spacial score (nSPS) is 15.3. The van der Waals surface area contributed by atoms with Gasteiger partial charge in [0.2, 0.25) is 0 Å². The highest BCUT2D eigenvalue weighted by Gasteiger charge is 2.23. The molecule has 0 aliphatic rings. The van der Waals surface area contributed by atoms with Crippen molar-refractivity contribution in [1.82, 2.24) is 9.78 Å². The van der Waals surface area contributed by atoms with Crippen molar-refractivity contribution >= 4 is 0 Å². The zero-order chi connectivity index (χ0) is 9.90. The lowest BCUT2D eigenvalue weighted by molar-refractivity contribution is 0.0487. The monoisotopic (exact) mass is 180 g/mol. The van der Waals surface area contributed by atoms with Crippen molar-refractivity contribution in [2.75, 3.05) is 0 Å². The highest BCUT2D eigenvalue weighted by Crippen LogP contribution is 2.25. The average Bonchev–Trinajstić information content (AvgIpc) is 2.49. The van der Waals surface area contributed by atoms with E-state index in [1.165, 1.54) is 0 Å². The molecule has 0 aliphatic heterocycles. The highest BCUT2D eigenvalue weighted by atomic mass is 16.3. The number of allylic oxidation sites excluding steroid dienone is 1. The van der Waals surface area contributed by atoms with Crippen LogP contribution in [-0.4, -0.2) is 14.9 Å². The maximum absolute atomic E-state index is 10.0. The van der Waals surface area contributed by atoms with Crippen LogP contribution in [0.3, 0.4) is 0 Å². The Morgan fingerprint density at radius 1 is 1.77 bits per heavy atom. The Labute approximate surface area is 78.7 Å². The number of aliphatic hydroxyl groups is 1. The predicted molar refractivity (Wildman–Crippen MR) is 52.2 cm³/mol. The maximum Gasteiger partial charge on any atom is 0.0901 e. The molecule has 0 spiro atoms. The third kappa shape index (κ3) is 2.42. The molecule has 1 heterocycles. The molecule has 1 aromatic heterocycles. The molecule has 1 aromatic rings. The Hall–Kier alpha value is -1.09. The van der Waals surface area contributed by atoms with E-state index in [4.69, 9.17) is 0 Å². The molecule has 0 aromatic carbocycles. The van der Waals surface area contributed by atoms with E-state index in [-0.39, 0.29) is 0 Å². The first-order valence-corrected chi connectivity index (χ1v) is 4.38. The lowest BCUT2D eigenvalue weighted by atomic mass is 9.94. The molecular weight excluding hydrogens is 164 g/mol. The van der Waals surface area contributed by atoms with E-state index >= 15 is 0 Å². The summed E-state index contributed by atoms with van der Waals surface area (Å²) in [6.07, 6.45) is 6.83. The summed E-state index contributed by atoms with van der Waals surface area (Å²) in [5.41, 5.74) is 0.0690. The van der Waals surface area contributed by atoms with E-state index in [1.54, 1.807) is 17.8 Å². The van der Waals surface area contributed by atoms with Crippen LogP contribution in [0.2, 0.25) is 0 Å². The Morgan fingerprint density at radius 3 is 2.92 bits per heavy atom. The van der Waals surface area contributed by atoms with Gasteiger partial charge in [0.25, 0.3) is 0 Å². The van der Waals surface area contributed by atoms with Crippen molar-refractivity contribution in [3.8, 4) is 0 Å². The molecule has 0 amide bonds. The average molecular weight is 180 g/mol. The maximum atomic E-state index is 10.0. The molecule has 1 N–H and O–H groups in total. The molecule has 3 nitrogen and oxygen atoms in total.